The number of alkyl halides is 1. The molecule has 0 N–H and O–H groups in total. The van der Waals surface area contributed by atoms with Gasteiger partial charge in [0.1, 0.15) is 5.78 Å². The molecule has 0 bridgehead atoms. The van der Waals surface area contributed by atoms with Crippen LogP contribution in [-0.4, -0.2) is 10.6 Å². The number of halogens is 1. The molecule has 1 atom stereocenters. The van der Waals surface area contributed by atoms with Gasteiger partial charge in [-0.3, -0.25) is 4.79 Å². The zero-order valence-electron chi connectivity index (χ0n) is 12.4. The van der Waals surface area contributed by atoms with Gasteiger partial charge >= 0.3 is 0 Å². The van der Waals surface area contributed by atoms with Crippen LogP contribution >= 0.6 is 15.9 Å². The van der Waals surface area contributed by atoms with E-state index < -0.39 is 0 Å². The first-order valence-electron chi connectivity index (χ1n) is 7.92. The van der Waals surface area contributed by atoms with Gasteiger partial charge in [0.15, 0.2) is 0 Å². The van der Waals surface area contributed by atoms with E-state index in [9.17, 15) is 4.79 Å². The fourth-order valence-corrected chi connectivity index (χ4v) is 3.72. The quantitative estimate of drug-likeness (QED) is 0.608. The zero-order valence-corrected chi connectivity index (χ0v) is 14.0. The molecule has 0 spiro atoms. The Morgan fingerprint density at radius 1 is 1.25 bits per heavy atom. The number of Topliss-reactive ketones (excluding diaryl/α,β-unsaturated/α-hetero) is 1. The summed E-state index contributed by atoms with van der Waals surface area (Å²) in [6.07, 6.45) is 8.45. The van der Waals surface area contributed by atoms with E-state index >= 15 is 0 Å². The highest BCUT2D eigenvalue weighted by atomic mass is 79.9. The lowest BCUT2D eigenvalue weighted by atomic mass is 9.74. The van der Waals surface area contributed by atoms with Crippen molar-refractivity contribution in [3.63, 3.8) is 0 Å². The summed E-state index contributed by atoms with van der Waals surface area (Å²) in [5.41, 5.74) is 1.07. The summed E-state index contributed by atoms with van der Waals surface area (Å²) in [5, 5.41) is 0. The van der Waals surface area contributed by atoms with E-state index in [1.807, 2.05) is 6.07 Å². The second-order valence-corrected chi connectivity index (χ2v) is 7.27. The Labute approximate surface area is 131 Å². The first-order chi connectivity index (χ1) is 9.69. The Kier molecular flexibility index (Phi) is 5.83. The van der Waals surface area contributed by atoms with Crippen LogP contribution in [0.2, 0.25) is 0 Å². The van der Waals surface area contributed by atoms with E-state index in [4.69, 9.17) is 0 Å². The summed E-state index contributed by atoms with van der Waals surface area (Å²) in [5.74, 6) is 0.469. The van der Waals surface area contributed by atoms with Crippen molar-refractivity contribution < 1.29 is 4.79 Å². The van der Waals surface area contributed by atoms with E-state index in [-0.39, 0.29) is 5.41 Å². The number of ketones is 1. The van der Waals surface area contributed by atoms with Crippen LogP contribution in [0.1, 0.15) is 63.9 Å². The SMILES string of the molecule is CCC(Br)CCCC(=O)C1(c2ccccc2)CCCC1. The van der Waals surface area contributed by atoms with Gasteiger partial charge in [0, 0.05) is 11.2 Å². The molecule has 1 aromatic rings. The van der Waals surface area contributed by atoms with Crippen molar-refractivity contribution in [2.45, 2.75) is 68.5 Å². The van der Waals surface area contributed by atoms with Gasteiger partial charge in [-0.15, -0.1) is 0 Å². The molecule has 0 radical (unpaired) electrons. The van der Waals surface area contributed by atoms with Gasteiger partial charge in [-0.05, 0) is 37.7 Å². The lowest BCUT2D eigenvalue weighted by Gasteiger charge is -2.28. The predicted molar refractivity (Wildman–Crippen MR) is 88.5 cm³/mol. The predicted octanol–water partition coefficient (Wildman–Crippen LogP) is 5.41. The molecular formula is C18H25BrO. The summed E-state index contributed by atoms with van der Waals surface area (Å²) < 4.78 is 0. The maximum Gasteiger partial charge on any atom is 0.143 e. The van der Waals surface area contributed by atoms with Crippen molar-refractivity contribution in [3.8, 4) is 0 Å². The minimum atomic E-state index is -0.171. The van der Waals surface area contributed by atoms with Crippen LogP contribution in [0.5, 0.6) is 0 Å². The summed E-state index contributed by atoms with van der Waals surface area (Å²) in [6.45, 7) is 2.18. The molecule has 0 aliphatic heterocycles. The molecule has 0 saturated heterocycles. The number of hydrogen-bond acceptors (Lipinski definition) is 1. The third kappa shape index (κ3) is 3.52. The molecule has 1 fully saturated rings. The van der Waals surface area contributed by atoms with Crippen LogP contribution < -0.4 is 0 Å². The lowest BCUT2D eigenvalue weighted by Crippen LogP contribution is -2.32. The standard InChI is InChI=1S/C18H25BrO/c1-2-16(19)11-8-12-17(20)18(13-6-7-14-18)15-9-4-3-5-10-15/h3-5,9-10,16H,2,6-8,11-14H2,1H3. The maximum absolute atomic E-state index is 12.8. The molecular weight excluding hydrogens is 312 g/mol. The number of carbonyl (C=O) groups is 1. The second kappa shape index (κ2) is 7.40. The highest BCUT2D eigenvalue weighted by molar-refractivity contribution is 9.09. The first kappa shape index (κ1) is 15.8. The van der Waals surface area contributed by atoms with E-state index in [0.717, 1.165) is 38.5 Å². The van der Waals surface area contributed by atoms with Crippen LogP contribution in [0.4, 0.5) is 0 Å². The molecule has 1 saturated carbocycles. The third-order valence-electron chi connectivity index (χ3n) is 4.68. The fraction of sp³-hybridized carbons (Fsp3) is 0.611. The van der Waals surface area contributed by atoms with Gasteiger partial charge < -0.3 is 0 Å². The average Bonchev–Trinajstić information content (AvgIpc) is 2.98. The average molecular weight is 337 g/mol. The smallest absolute Gasteiger partial charge is 0.143 e. The van der Waals surface area contributed by atoms with Crippen molar-refractivity contribution >= 4 is 21.7 Å². The summed E-state index contributed by atoms with van der Waals surface area (Å²) >= 11 is 3.66. The molecule has 2 rings (SSSR count). The van der Waals surface area contributed by atoms with Crippen molar-refractivity contribution in [2.24, 2.45) is 0 Å². The minimum absolute atomic E-state index is 0.171. The Balaban J connectivity index is 2.03. The normalized spacial score (nSPS) is 18.9. The highest BCUT2D eigenvalue weighted by Gasteiger charge is 2.41. The molecule has 2 heteroatoms. The van der Waals surface area contributed by atoms with Gasteiger partial charge in [-0.25, -0.2) is 0 Å². The molecule has 1 aliphatic carbocycles. The second-order valence-electron chi connectivity index (χ2n) is 5.98. The minimum Gasteiger partial charge on any atom is -0.299 e. The Hall–Kier alpha value is -0.630. The van der Waals surface area contributed by atoms with E-state index in [1.54, 1.807) is 0 Å². The molecule has 1 nitrogen and oxygen atoms in total. The Morgan fingerprint density at radius 2 is 1.90 bits per heavy atom. The molecule has 110 valence electrons. The largest absolute Gasteiger partial charge is 0.299 e. The summed E-state index contributed by atoms with van der Waals surface area (Å²) in [4.78, 5) is 13.4. The van der Waals surface area contributed by atoms with Gasteiger partial charge in [-0.1, -0.05) is 66.0 Å². The van der Waals surface area contributed by atoms with E-state index in [1.165, 1.54) is 18.4 Å². The number of benzene rings is 1. The van der Waals surface area contributed by atoms with Crippen molar-refractivity contribution in [2.75, 3.05) is 0 Å². The number of carbonyl (C=O) groups excluding carboxylic acids is 1. The maximum atomic E-state index is 12.8. The Bertz CT molecular complexity index is 420. The number of rotatable bonds is 7. The van der Waals surface area contributed by atoms with Crippen molar-refractivity contribution in [1.29, 1.82) is 0 Å². The topological polar surface area (TPSA) is 17.1 Å². The van der Waals surface area contributed by atoms with Crippen LogP contribution in [0.25, 0.3) is 0 Å². The molecule has 0 aromatic heterocycles. The van der Waals surface area contributed by atoms with E-state index in [2.05, 4.69) is 47.1 Å². The van der Waals surface area contributed by atoms with Crippen molar-refractivity contribution in [1.82, 2.24) is 0 Å². The molecule has 0 amide bonds. The fourth-order valence-electron chi connectivity index (χ4n) is 3.39. The van der Waals surface area contributed by atoms with Crippen LogP contribution in [0, 0.1) is 0 Å². The molecule has 20 heavy (non-hydrogen) atoms. The van der Waals surface area contributed by atoms with E-state index in [0.29, 0.717) is 10.6 Å². The third-order valence-corrected chi connectivity index (χ3v) is 5.79. The molecule has 1 aliphatic rings. The van der Waals surface area contributed by atoms with Crippen LogP contribution in [0.3, 0.4) is 0 Å². The van der Waals surface area contributed by atoms with Crippen LogP contribution in [-0.2, 0) is 10.2 Å². The Morgan fingerprint density at radius 3 is 2.50 bits per heavy atom. The molecule has 0 heterocycles. The molecule has 1 aromatic carbocycles. The first-order valence-corrected chi connectivity index (χ1v) is 8.83. The van der Waals surface area contributed by atoms with Gasteiger partial charge in [0.05, 0.1) is 5.41 Å². The number of hydrogen-bond donors (Lipinski definition) is 0. The molecule has 1 unspecified atom stereocenters. The highest BCUT2D eigenvalue weighted by Crippen LogP contribution is 2.42. The van der Waals surface area contributed by atoms with Gasteiger partial charge in [0.25, 0.3) is 0 Å². The summed E-state index contributed by atoms with van der Waals surface area (Å²) in [6, 6.07) is 10.4. The lowest BCUT2D eigenvalue weighted by molar-refractivity contribution is -0.124. The van der Waals surface area contributed by atoms with Crippen LogP contribution in [0.15, 0.2) is 30.3 Å². The van der Waals surface area contributed by atoms with Crippen molar-refractivity contribution in [3.05, 3.63) is 35.9 Å². The zero-order chi connectivity index (χ0) is 14.4. The van der Waals surface area contributed by atoms with Gasteiger partial charge in [-0.2, -0.15) is 0 Å². The summed E-state index contributed by atoms with van der Waals surface area (Å²) in [7, 11) is 0. The van der Waals surface area contributed by atoms with Gasteiger partial charge in [0.2, 0.25) is 0 Å². The monoisotopic (exact) mass is 336 g/mol.